The van der Waals surface area contributed by atoms with Gasteiger partial charge in [0.15, 0.2) is 0 Å². The third kappa shape index (κ3) is 4.52. The molecule has 6 nitrogen and oxygen atoms in total. The Hall–Kier alpha value is -2.50. The topological polar surface area (TPSA) is 79.8 Å². The highest BCUT2D eigenvalue weighted by Crippen LogP contribution is 2.04. The summed E-state index contributed by atoms with van der Waals surface area (Å²) in [5, 5.41) is 5.94. The molecule has 0 aliphatic carbocycles. The highest BCUT2D eigenvalue weighted by molar-refractivity contribution is 5.92. The summed E-state index contributed by atoms with van der Waals surface area (Å²) in [7, 11) is 0. The minimum atomic E-state index is -0.241. The first-order valence-electron chi connectivity index (χ1n) is 6.96. The minimum Gasteiger partial charge on any atom is -0.352 e. The molecule has 0 aromatic carbocycles. The van der Waals surface area contributed by atoms with Gasteiger partial charge < -0.3 is 10.6 Å². The first kappa shape index (κ1) is 14.9. The van der Waals surface area contributed by atoms with Crippen LogP contribution in [0.1, 0.15) is 36.5 Å². The molecule has 2 heterocycles. The molecule has 21 heavy (non-hydrogen) atoms. The molecule has 1 atom stereocenters. The third-order valence-electron chi connectivity index (χ3n) is 3.03. The lowest BCUT2D eigenvalue weighted by atomic mass is 10.3. The van der Waals surface area contributed by atoms with Crippen LogP contribution in [-0.4, -0.2) is 26.9 Å². The van der Waals surface area contributed by atoms with Gasteiger partial charge in [-0.25, -0.2) is 9.97 Å². The van der Waals surface area contributed by atoms with Crippen molar-refractivity contribution in [3.05, 3.63) is 48.0 Å². The van der Waals surface area contributed by atoms with Gasteiger partial charge in [0.2, 0.25) is 5.95 Å². The van der Waals surface area contributed by atoms with Gasteiger partial charge >= 0.3 is 0 Å². The van der Waals surface area contributed by atoms with Gasteiger partial charge in [0.25, 0.3) is 5.91 Å². The largest absolute Gasteiger partial charge is 0.352 e. The number of pyridine rings is 1. The average Bonchev–Trinajstić information content (AvgIpc) is 2.53. The van der Waals surface area contributed by atoms with Gasteiger partial charge in [-0.15, -0.1) is 0 Å². The monoisotopic (exact) mass is 285 g/mol. The SMILES string of the molecule is CCC(C)Nc1nccc(C(=O)NCc2ccccn2)n1. The van der Waals surface area contributed by atoms with Crippen molar-refractivity contribution in [3.63, 3.8) is 0 Å². The molecule has 2 N–H and O–H groups in total. The van der Waals surface area contributed by atoms with Crippen LogP contribution in [0.25, 0.3) is 0 Å². The molecule has 1 unspecified atom stereocenters. The van der Waals surface area contributed by atoms with E-state index in [9.17, 15) is 4.79 Å². The Bertz CT molecular complexity index is 588. The maximum Gasteiger partial charge on any atom is 0.270 e. The zero-order valence-corrected chi connectivity index (χ0v) is 12.2. The molecule has 0 aliphatic heterocycles. The maximum atomic E-state index is 12.1. The molecule has 0 saturated carbocycles. The number of amides is 1. The van der Waals surface area contributed by atoms with Crippen LogP contribution < -0.4 is 10.6 Å². The van der Waals surface area contributed by atoms with E-state index in [1.54, 1.807) is 18.5 Å². The summed E-state index contributed by atoms with van der Waals surface area (Å²) in [6.07, 6.45) is 4.23. The fourth-order valence-electron chi connectivity index (χ4n) is 1.64. The lowest BCUT2D eigenvalue weighted by Crippen LogP contribution is -2.25. The molecule has 2 aromatic rings. The van der Waals surface area contributed by atoms with Crippen molar-refractivity contribution in [2.45, 2.75) is 32.9 Å². The van der Waals surface area contributed by atoms with Gasteiger partial charge in [0, 0.05) is 18.4 Å². The second-order valence-corrected chi connectivity index (χ2v) is 4.72. The number of carbonyl (C=O) groups excluding carboxylic acids is 1. The molecular formula is C15H19N5O. The molecule has 6 heteroatoms. The van der Waals surface area contributed by atoms with Crippen molar-refractivity contribution < 1.29 is 4.79 Å². The standard InChI is InChI=1S/C15H19N5O/c1-3-11(2)19-15-17-9-7-13(20-15)14(21)18-10-12-6-4-5-8-16-12/h4-9,11H,3,10H2,1-2H3,(H,18,21)(H,17,19,20). The Morgan fingerprint density at radius 1 is 1.24 bits per heavy atom. The van der Waals surface area contributed by atoms with E-state index < -0.39 is 0 Å². The van der Waals surface area contributed by atoms with Crippen LogP contribution in [0, 0.1) is 0 Å². The smallest absolute Gasteiger partial charge is 0.270 e. The number of hydrogen-bond acceptors (Lipinski definition) is 5. The van der Waals surface area contributed by atoms with Gasteiger partial charge in [-0.2, -0.15) is 0 Å². The zero-order chi connectivity index (χ0) is 15.1. The molecule has 0 saturated heterocycles. The lowest BCUT2D eigenvalue weighted by Gasteiger charge is -2.11. The minimum absolute atomic E-state index is 0.241. The van der Waals surface area contributed by atoms with E-state index >= 15 is 0 Å². The van der Waals surface area contributed by atoms with E-state index in [1.165, 1.54) is 0 Å². The lowest BCUT2D eigenvalue weighted by molar-refractivity contribution is 0.0945. The number of anilines is 1. The van der Waals surface area contributed by atoms with E-state index in [-0.39, 0.29) is 11.9 Å². The van der Waals surface area contributed by atoms with E-state index in [0.29, 0.717) is 18.2 Å². The highest BCUT2D eigenvalue weighted by atomic mass is 16.1. The van der Waals surface area contributed by atoms with Crippen LogP contribution >= 0.6 is 0 Å². The average molecular weight is 285 g/mol. The van der Waals surface area contributed by atoms with Crippen LogP contribution in [0.4, 0.5) is 5.95 Å². The summed E-state index contributed by atoms with van der Waals surface area (Å²) >= 11 is 0. The van der Waals surface area contributed by atoms with Crippen LogP contribution in [0.5, 0.6) is 0 Å². The van der Waals surface area contributed by atoms with Gasteiger partial charge in [0.1, 0.15) is 5.69 Å². The fraction of sp³-hybridized carbons (Fsp3) is 0.333. The summed E-state index contributed by atoms with van der Waals surface area (Å²) < 4.78 is 0. The number of nitrogens with zero attached hydrogens (tertiary/aromatic N) is 3. The van der Waals surface area contributed by atoms with Crippen molar-refractivity contribution in [1.29, 1.82) is 0 Å². The molecule has 0 radical (unpaired) electrons. The van der Waals surface area contributed by atoms with Gasteiger partial charge in [-0.3, -0.25) is 9.78 Å². The van der Waals surface area contributed by atoms with Crippen molar-refractivity contribution in [3.8, 4) is 0 Å². The number of nitrogens with one attached hydrogen (secondary N) is 2. The van der Waals surface area contributed by atoms with Crippen LogP contribution in [-0.2, 0) is 6.54 Å². The molecule has 0 spiro atoms. The Kier molecular flexibility index (Phi) is 5.20. The summed E-state index contributed by atoms with van der Waals surface area (Å²) in [6, 6.07) is 7.43. The molecule has 1 amide bonds. The number of carbonyl (C=O) groups is 1. The number of hydrogen-bond donors (Lipinski definition) is 2. The number of rotatable bonds is 6. The van der Waals surface area contributed by atoms with E-state index in [4.69, 9.17) is 0 Å². The first-order chi connectivity index (χ1) is 10.2. The number of aromatic nitrogens is 3. The van der Waals surface area contributed by atoms with Crippen LogP contribution in [0.3, 0.4) is 0 Å². The molecule has 0 bridgehead atoms. The normalized spacial score (nSPS) is 11.7. The Balaban J connectivity index is 1.97. The quantitative estimate of drug-likeness (QED) is 0.848. The molecule has 0 aliphatic rings. The van der Waals surface area contributed by atoms with Gasteiger partial charge in [0.05, 0.1) is 12.2 Å². The Morgan fingerprint density at radius 3 is 2.81 bits per heavy atom. The van der Waals surface area contributed by atoms with E-state index in [0.717, 1.165) is 12.1 Å². The maximum absolute atomic E-state index is 12.1. The van der Waals surface area contributed by atoms with Crippen molar-refractivity contribution in [2.75, 3.05) is 5.32 Å². The first-order valence-corrected chi connectivity index (χ1v) is 6.96. The highest BCUT2D eigenvalue weighted by Gasteiger charge is 2.09. The summed E-state index contributed by atoms with van der Waals surface area (Å²) in [5.74, 6) is 0.227. The van der Waals surface area contributed by atoms with E-state index in [1.807, 2.05) is 25.1 Å². The van der Waals surface area contributed by atoms with Gasteiger partial charge in [-0.1, -0.05) is 13.0 Å². The molecule has 0 fully saturated rings. The zero-order valence-electron chi connectivity index (χ0n) is 12.2. The fourth-order valence-corrected chi connectivity index (χ4v) is 1.64. The second kappa shape index (κ2) is 7.33. The van der Waals surface area contributed by atoms with Crippen molar-refractivity contribution >= 4 is 11.9 Å². The van der Waals surface area contributed by atoms with Crippen LogP contribution in [0.15, 0.2) is 36.7 Å². The van der Waals surface area contributed by atoms with Crippen LogP contribution in [0.2, 0.25) is 0 Å². The Labute approximate surface area is 124 Å². The van der Waals surface area contributed by atoms with E-state index in [2.05, 4.69) is 32.5 Å². The summed E-state index contributed by atoms with van der Waals surface area (Å²) in [5.41, 5.74) is 1.14. The van der Waals surface area contributed by atoms with Crippen molar-refractivity contribution in [1.82, 2.24) is 20.3 Å². The molecular weight excluding hydrogens is 266 g/mol. The van der Waals surface area contributed by atoms with Crippen molar-refractivity contribution in [2.24, 2.45) is 0 Å². The summed E-state index contributed by atoms with van der Waals surface area (Å²) in [4.78, 5) is 24.6. The third-order valence-corrected chi connectivity index (χ3v) is 3.03. The molecule has 2 rings (SSSR count). The van der Waals surface area contributed by atoms with Gasteiger partial charge in [-0.05, 0) is 31.5 Å². The molecule has 2 aromatic heterocycles. The second-order valence-electron chi connectivity index (χ2n) is 4.72. The molecule has 110 valence electrons. The summed E-state index contributed by atoms with van der Waals surface area (Å²) in [6.45, 7) is 4.48. The predicted molar refractivity (Wildman–Crippen MR) is 80.8 cm³/mol. The predicted octanol–water partition coefficient (Wildman–Crippen LogP) is 2.01. The Morgan fingerprint density at radius 2 is 2.10 bits per heavy atom.